The predicted molar refractivity (Wildman–Crippen MR) is 72.9 cm³/mol. The number of phenols is 2. The molecule has 1 aromatic carbocycles. The van der Waals surface area contributed by atoms with E-state index in [0.717, 1.165) is 31.5 Å². The SMILES string of the molecule is Oc1ccc(CNCCCCn2ccnc2)c(O)c1. The Morgan fingerprint density at radius 2 is 2.11 bits per heavy atom. The molecule has 0 unspecified atom stereocenters. The van der Waals surface area contributed by atoms with Gasteiger partial charge in [0.15, 0.2) is 0 Å². The van der Waals surface area contributed by atoms with Crippen LogP contribution in [0.5, 0.6) is 11.5 Å². The van der Waals surface area contributed by atoms with Gasteiger partial charge in [-0.2, -0.15) is 0 Å². The lowest BCUT2D eigenvalue weighted by Crippen LogP contribution is -2.15. The van der Waals surface area contributed by atoms with Gasteiger partial charge in [0, 0.05) is 37.1 Å². The first-order valence-corrected chi connectivity index (χ1v) is 6.43. The molecule has 1 aromatic heterocycles. The van der Waals surface area contributed by atoms with E-state index in [1.54, 1.807) is 18.3 Å². The van der Waals surface area contributed by atoms with Crippen LogP contribution in [0.3, 0.4) is 0 Å². The van der Waals surface area contributed by atoms with Gasteiger partial charge in [0.1, 0.15) is 11.5 Å². The van der Waals surface area contributed by atoms with Gasteiger partial charge in [0.2, 0.25) is 0 Å². The Morgan fingerprint density at radius 1 is 1.21 bits per heavy atom. The fourth-order valence-corrected chi connectivity index (χ4v) is 1.89. The minimum absolute atomic E-state index is 0.0848. The van der Waals surface area contributed by atoms with Gasteiger partial charge in [-0.3, -0.25) is 0 Å². The number of aryl methyl sites for hydroxylation is 1. The van der Waals surface area contributed by atoms with Crippen LogP contribution < -0.4 is 5.32 Å². The van der Waals surface area contributed by atoms with E-state index < -0.39 is 0 Å². The van der Waals surface area contributed by atoms with Gasteiger partial charge >= 0.3 is 0 Å². The van der Waals surface area contributed by atoms with Gasteiger partial charge in [-0.05, 0) is 25.5 Å². The second-order valence-electron chi connectivity index (χ2n) is 4.50. The van der Waals surface area contributed by atoms with Crippen molar-refractivity contribution in [3.05, 3.63) is 42.5 Å². The lowest BCUT2D eigenvalue weighted by Gasteiger charge is -2.07. The number of benzene rings is 1. The molecule has 0 fully saturated rings. The van der Waals surface area contributed by atoms with E-state index >= 15 is 0 Å². The van der Waals surface area contributed by atoms with E-state index in [2.05, 4.69) is 14.9 Å². The number of rotatable bonds is 7. The molecule has 0 amide bonds. The lowest BCUT2D eigenvalue weighted by molar-refractivity contribution is 0.443. The summed E-state index contributed by atoms with van der Waals surface area (Å²) in [4.78, 5) is 3.99. The third kappa shape index (κ3) is 4.30. The Kier molecular flexibility index (Phi) is 4.80. The normalized spacial score (nSPS) is 10.7. The molecule has 1 heterocycles. The molecule has 5 heteroatoms. The van der Waals surface area contributed by atoms with Crippen molar-refractivity contribution >= 4 is 0 Å². The minimum atomic E-state index is 0.0848. The molecule has 0 atom stereocenters. The summed E-state index contributed by atoms with van der Waals surface area (Å²) in [6.45, 7) is 2.48. The summed E-state index contributed by atoms with van der Waals surface area (Å²) < 4.78 is 2.06. The van der Waals surface area contributed by atoms with Crippen LogP contribution in [0.1, 0.15) is 18.4 Å². The van der Waals surface area contributed by atoms with Gasteiger partial charge in [-0.15, -0.1) is 0 Å². The summed E-state index contributed by atoms with van der Waals surface area (Å²) in [6.07, 6.45) is 7.72. The number of aromatic nitrogens is 2. The van der Waals surface area contributed by atoms with E-state index in [1.165, 1.54) is 6.07 Å². The third-order valence-corrected chi connectivity index (χ3v) is 2.96. The monoisotopic (exact) mass is 261 g/mol. The molecule has 0 radical (unpaired) electrons. The van der Waals surface area contributed by atoms with Crippen LogP contribution in [0.15, 0.2) is 36.9 Å². The van der Waals surface area contributed by atoms with Crippen molar-refractivity contribution in [1.29, 1.82) is 0 Å². The first-order valence-electron chi connectivity index (χ1n) is 6.43. The first-order chi connectivity index (χ1) is 9.25. The second-order valence-corrected chi connectivity index (χ2v) is 4.50. The van der Waals surface area contributed by atoms with Crippen molar-refractivity contribution in [2.75, 3.05) is 6.54 Å². The molecule has 2 aromatic rings. The molecule has 2 rings (SSSR count). The second kappa shape index (κ2) is 6.80. The van der Waals surface area contributed by atoms with Crippen molar-refractivity contribution in [2.45, 2.75) is 25.9 Å². The molecule has 0 aliphatic carbocycles. The van der Waals surface area contributed by atoms with Crippen molar-refractivity contribution in [1.82, 2.24) is 14.9 Å². The molecule has 0 spiro atoms. The zero-order chi connectivity index (χ0) is 13.5. The number of nitrogens with one attached hydrogen (secondary N) is 1. The van der Waals surface area contributed by atoms with Crippen LogP contribution in [-0.4, -0.2) is 26.3 Å². The number of nitrogens with zero attached hydrogens (tertiary/aromatic N) is 2. The number of aromatic hydroxyl groups is 2. The molecular formula is C14H19N3O2. The van der Waals surface area contributed by atoms with E-state index in [1.807, 2.05) is 12.5 Å². The molecular weight excluding hydrogens is 242 g/mol. The molecule has 0 saturated heterocycles. The number of hydrogen-bond donors (Lipinski definition) is 3. The van der Waals surface area contributed by atoms with Gasteiger partial charge in [0.05, 0.1) is 6.33 Å². The molecule has 0 aliphatic rings. The Bertz CT molecular complexity index is 497. The molecule has 5 nitrogen and oxygen atoms in total. The highest BCUT2D eigenvalue weighted by Crippen LogP contribution is 2.22. The summed E-state index contributed by atoms with van der Waals surface area (Å²) in [6, 6.07) is 4.66. The average Bonchev–Trinajstić information content (AvgIpc) is 2.89. The summed E-state index contributed by atoms with van der Waals surface area (Å²) in [5, 5.41) is 22.1. The molecule has 3 N–H and O–H groups in total. The highest BCUT2D eigenvalue weighted by molar-refractivity contribution is 5.38. The standard InChI is InChI=1S/C14H19N3O2/c18-13-4-3-12(14(19)9-13)10-15-5-1-2-7-17-8-6-16-11-17/h3-4,6,8-9,11,15,18-19H,1-2,5,7,10H2. The van der Waals surface area contributed by atoms with Crippen molar-refractivity contribution in [3.63, 3.8) is 0 Å². The maximum Gasteiger partial charge on any atom is 0.123 e. The zero-order valence-corrected chi connectivity index (χ0v) is 10.8. The minimum Gasteiger partial charge on any atom is -0.508 e. The van der Waals surface area contributed by atoms with Gasteiger partial charge < -0.3 is 20.1 Å². The smallest absolute Gasteiger partial charge is 0.123 e. The fraction of sp³-hybridized carbons (Fsp3) is 0.357. The van der Waals surface area contributed by atoms with Gasteiger partial charge in [-0.25, -0.2) is 4.98 Å². The maximum absolute atomic E-state index is 9.61. The van der Waals surface area contributed by atoms with E-state index in [4.69, 9.17) is 0 Å². The van der Waals surface area contributed by atoms with Gasteiger partial charge in [-0.1, -0.05) is 6.07 Å². The zero-order valence-electron chi connectivity index (χ0n) is 10.8. The summed E-state index contributed by atoms with van der Waals surface area (Å²) >= 11 is 0. The number of imidazole rings is 1. The van der Waals surface area contributed by atoms with Crippen LogP contribution >= 0.6 is 0 Å². The largest absolute Gasteiger partial charge is 0.508 e. The lowest BCUT2D eigenvalue weighted by atomic mass is 10.2. The van der Waals surface area contributed by atoms with Crippen molar-refractivity contribution in [3.8, 4) is 11.5 Å². The van der Waals surface area contributed by atoms with Crippen molar-refractivity contribution in [2.24, 2.45) is 0 Å². The number of phenolic OH excluding ortho intramolecular Hbond substituents is 2. The number of unbranched alkanes of at least 4 members (excludes halogenated alkanes) is 1. The maximum atomic E-state index is 9.61. The molecule has 19 heavy (non-hydrogen) atoms. The van der Waals surface area contributed by atoms with E-state index in [-0.39, 0.29) is 11.5 Å². The van der Waals surface area contributed by atoms with Crippen LogP contribution in [-0.2, 0) is 13.1 Å². The summed E-state index contributed by atoms with van der Waals surface area (Å²) in [5.74, 6) is 0.215. The van der Waals surface area contributed by atoms with Crippen molar-refractivity contribution < 1.29 is 10.2 Å². The highest BCUT2D eigenvalue weighted by atomic mass is 16.3. The van der Waals surface area contributed by atoms with Crippen LogP contribution in [0.4, 0.5) is 0 Å². The van der Waals surface area contributed by atoms with Gasteiger partial charge in [0.25, 0.3) is 0 Å². The average molecular weight is 261 g/mol. The van der Waals surface area contributed by atoms with Crippen LogP contribution in [0, 0.1) is 0 Å². The molecule has 102 valence electrons. The molecule has 0 bridgehead atoms. The topological polar surface area (TPSA) is 70.3 Å². The molecule has 0 saturated carbocycles. The molecule has 0 aliphatic heterocycles. The highest BCUT2D eigenvalue weighted by Gasteiger charge is 2.01. The first kappa shape index (κ1) is 13.4. The van der Waals surface area contributed by atoms with E-state index in [0.29, 0.717) is 6.54 Å². The fourth-order valence-electron chi connectivity index (χ4n) is 1.89. The predicted octanol–water partition coefficient (Wildman–Crippen LogP) is 1.86. The summed E-state index contributed by atoms with van der Waals surface area (Å²) in [5.41, 5.74) is 0.799. The Labute approximate surface area is 112 Å². The number of hydrogen-bond acceptors (Lipinski definition) is 4. The Hall–Kier alpha value is -2.01. The quantitative estimate of drug-likeness (QED) is 0.665. The third-order valence-electron chi connectivity index (χ3n) is 2.96. The van der Waals surface area contributed by atoms with Crippen LogP contribution in [0.2, 0.25) is 0 Å². The summed E-state index contributed by atoms with van der Waals surface area (Å²) in [7, 11) is 0. The van der Waals surface area contributed by atoms with E-state index in [9.17, 15) is 10.2 Å². The Balaban J connectivity index is 1.61. The Morgan fingerprint density at radius 3 is 2.84 bits per heavy atom. The van der Waals surface area contributed by atoms with Crippen LogP contribution in [0.25, 0.3) is 0 Å².